The number of rotatable bonds is 2. The topological polar surface area (TPSA) is 69.5 Å². The molecule has 0 aliphatic rings. The highest BCUT2D eigenvalue weighted by Gasteiger charge is 2.01. The zero-order valence-electron chi connectivity index (χ0n) is 9.71. The smallest absolute Gasteiger partial charge is 0.186 e. The second-order valence-electron chi connectivity index (χ2n) is 3.53. The predicted octanol–water partition coefficient (Wildman–Crippen LogP) is 1.37. The van der Waals surface area contributed by atoms with Crippen LogP contribution in [0.2, 0.25) is 0 Å². The van der Waals surface area contributed by atoms with E-state index in [-0.39, 0.29) is 5.75 Å². The lowest BCUT2D eigenvalue weighted by Crippen LogP contribution is -2.28. The molecule has 1 heterocycles. The van der Waals surface area contributed by atoms with Gasteiger partial charge in [0.2, 0.25) is 0 Å². The minimum Gasteiger partial charge on any atom is -0.506 e. The molecular formula is C12H12N4OS. The fourth-order valence-electron chi connectivity index (χ4n) is 1.43. The quantitative estimate of drug-likeness (QED) is 0.432. The average Bonchev–Trinajstić information content (AvgIpc) is 2.39. The number of aromatic hydroxyl groups is 1. The zero-order chi connectivity index (χ0) is 13.0. The Labute approximate surface area is 110 Å². The largest absolute Gasteiger partial charge is 0.506 e. The van der Waals surface area contributed by atoms with Gasteiger partial charge in [0, 0.05) is 12.4 Å². The Morgan fingerprint density at radius 1 is 1.39 bits per heavy atom. The van der Waals surface area contributed by atoms with E-state index in [0.29, 0.717) is 16.3 Å². The SMILES string of the molecule is CNC(=S)N/N=C/c1ccc2cccc(O)c2n1. The molecule has 0 saturated heterocycles. The van der Waals surface area contributed by atoms with Gasteiger partial charge in [-0.2, -0.15) is 5.10 Å². The van der Waals surface area contributed by atoms with Crippen molar-refractivity contribution in [1.29, 1.82) is 0 Å². The predicted molar refractivity (Wildman–Crippen MR) is 75.8 cm³/mol. The van der Waals surface area contributed by atoms with Crippen molar-refractivity contribution in [2.45, 2.75) is 0 Å². The standard InChI is InChI=1S/C12H12N4OS/c1-13-12(18)16-14-7-9-6-5-8-3-2-4-10(17)11(8)15-9/h2-7,17H,1H3,(H2,13,16,18)/b14-7+. The van der Waals surface area contributed by atoms with Gasteiger partial charge in [-0.05, 0) is 24.4 Å². The molecule has 0 radical (unpaired) electrons. The summed E-state index contributed by atoms with van der Waals surface area (Å²) in [6.07, 6.45) is 1.54. The van der Waals surface area contributed by atoms with Crippen LogP contribution in [0.5, 0.6) is 5.75 Å². The molecule has 0 amide bonds. The molecule has 0 saturated carbocycles. The summed E-state index contributed by atoms with van der Waals surface area (Å²) in [5, 5.41) is 17.7. The summed E-state index contributed by atoms with van der Waals surface area (Å²) in [5.74, 6) is 0.154. The number of para-hydroxylation sites is 1. The van der Waals surface area contributed by atoms with E-state index in [1.807, 2.05) is 18.2 Å². The first-order valence-corrected chi connectivity index (χ1v) is 5.71. The summed E-state index contributed by atoms with van der Waals surface area (Å²) in [7, 11) is 1.71. The van der Waals surface area contributed by atoms with Crippen molar-refractivity contribution < 1.29 is 5.11 Å². The van der Waals surface area contributed by atoms with Crippen LogP contribution in [0.1, 0.15) is 5.69 Å². The van der Waals surface area contributed by atoms with Crippen molar-refractivity contribution in [2.75, 3.05) is 7.05 Å². The van der Waals surface area contributed by atoms with Gasteiger partial charge in [0.25, 0.3) is 0 Å². The maximum absolute atomic E-state index is 9.69. The Balaban J connectivity index is 2.25. The number of hydrazone groups is 1. The molecule has 1 aromatic carbocycles. The number of aromatic nitrogens is 1. The highest BCUT2D eigenvalue weighted by atomic mass is 32.1. The highest BCUT2D eigenvalue weighted by molar-refractivity contribution is 7.80. The van der Waals surface area contributed by atoms with Crippen molar-refractivity contribution in [2.24, 2.45) is 5.10 Å². The molecule has 0 unspecified atom stereocenters. The number of phenols is 1. The van der Waals surface area contributed by atoms with Gasteiger partial charge in [-0.15, -0.1) is 0 Å². The van der Waals surface area contributed by atoms with Gasteiger partial charge < -0.3 is 10.4 Å². The maximum atomic E-state index is 9.69. The second kappa shape index (κ2) is 5.42. The molecule has 5 nitrogen and oxygen atoms in total. The fourth-order valence-corrected chi connectivity index (χ4v) is 1.48. The van der Waals surface area contributed by atoms with Crippen molar-refractivity contribution in [3.05, 3.63) is 36.0 Å². The number of benzene rings is 1. The van der Waals surface area contributed by atoms with E-state index in [1.165, 1.54) is 6.21 Å². The first-order valence-electron chi connectivity index (χ1n) is 5.30. The van der Waals surface area contributed by atoms with Crippen LogP contribution in [0, 0.1) is 0 Å². The molecular weight excluding hydrogens is 248 g/mol. The van der Waals surface area contributed by atoms with E-state index in [4.69, 9.17) is 12.2 Å². The second-order valence-corrected chi connectivity index (χ2v) is 3.94. The van der Waals surface area contributed by atoms with Crippen LogP contribution in [0.15, 0.2) is 35.4 Å². The van der Waals surface area contributed by atoms with Gasteiger partial charge >= 0.3 is 0 Å². The lowest BCUT2D eigenvalue weighted by Gasteiger charge is -2.02. The number of fused-ring (bicyclic) bond motifs is 1. The molecule has 1 aromatic heterocycles. The van der Waals surface area contributed by atoms with Crippen LogP contribution in [-0.2, 0) is 0 Å². The number of nitrogens with zero attached hydrogens (tertiary/aromatic N) is 2. The molecule has 0 atom stereocenters. The summed E-state index contributed by atoms with van der Waals surface area (Å²) in [5.41, 5.74) is 3.82. The number of nitrogens with one attached hydrogen (secondary N) is 2. The number of hydrogen-bond acceptors (Lipinski definition) is 4. The van der Waals surface area contributed by atoms with Crippen LogP contribution in [0.4, 0.5) is 0 Å². The molecule has 2 aromatic rings. The molecule has 0 spiro atoms. The van der Waals surface area contributed by atoms with Gasteiger partial charge in [0.15, 0.2) is 5.11 Å². The van der Waals surface area contributed by atoms with Gasteiger partial charge in [0.1, 0.15) is 11.3 Å². The Kier molecular flexibility index (Phi) is 3.69. The molecule has 6 heteroatoms. The lowest BCUT2D eigenvalue weighted by atomic mass is 10.2. The number of thiocarbonyl (C=S) groups is 1. The third-order valence-electron chi connectivity index (χ3n) is 2.31. The van der Waals surface area contributed by atoms with E-state index in [2.05, 4.69) is 20.8 Å². The van der Waals surface area contributed by atoms with Gasteiger partial charge in [-0.25, -0.2) is 4.98 Å². The summed E-state index contributed by atoms with van der Waals surface area (Å²) >= 11 is 4.87. The monoisotopic (exact) mass is 260 g/mol. The molecule has 0 aliphatic heterocycles. The van der Waals surface area contributed by atoms with Crippen molar-refractivity contribution in [3.8, 4) is 5.75 Å². The lowest BCUT2D eigenvalue weighted by molar-refractivity contribution is 0.480. The van der Waals surface area contributed by atoms with Gasteiger partial charge in [0.05, 0.1) is 11.9 Å². The molecule has 92 valence electrons. The Morgan fingerprint density at radius 2 is 2.22 bits per heavy atom. The molecule has 2 rings (SSSR count). The van der Waals surface area contributed by atoms with E-state index in [1.54, 1.807) is 19.2 Å². The summed E-state index contributed by atoms with van der Waals surface area (Å²) in [4.78, 5) is 4.29. The van der Waals surface area contributed by atoms with E-state index >= 15 is 0 Å². The number of phenolic OH excluding ortho intramolecular Hbond substituents is 1. The third-order valence-corrected chi connectivity index (χ3v) is 2.61. The summed E-state index contributed by atoms with van der Waals surface area (Å²) < 4.78 is 0. The first kappa shape index (κ1) is 12.3. The number of pyridine rings is 1. The fraction of sp³-hybridized carbons (Fsp3) is 0.0833. The normalized spacial score (nSPS) is 10.7. The average molecular weight is 260 g/mol. The molecule has 0 aliphatic carbocycles. The van der Waals surface area contributed by atoms with Crippen molar-refractivity contribution in [3.63, 3.8) is 0 Å². The minimum absolute atomic E-state index is 0.154. The van der Waals surface area contributed by atoms with Crippen LogP contribution in [0.3, 0.4) is 0 Å². The first-order chi connectivity index (χ1) is 8.70. The summed E-state index contributed by atoms with van der Waals surface area (Å²) in [6, 6.07) is 8.96. The highest BCUT2D eigenvalue weighted by Crippen LogP contribution is 2.21. The van der Waals surface area contributed by atoms with Crippen LogP contribution < -0.4 is 10.7 Å². The molecule has 3 N–H and O–H groups in total. The third kappa shape index (κ3) is 2.72. The molecule has 0 bridgehead atoms. The van der Waals surface area contributed by atoms with E-state index < -0.39 is 0 Å². The Hall–Kier alpha value is -2.21. The van der Waals surface area contributed by atoms with Crippen LogP contribution >= 0.6 is 12.2 Å². The number of hydrogen-bond donors (Lipinski definition) is 3. The van der Waals surface area contributed by atoms with Gasteiger partial charge in [-0.1, -0.05) is 18.2 Å². The molecule has 0 fully saturated rings. The Bertz CT molecular complexity index is 612. The van der Waals surface area contributed by atoms with E-state index in [0.717, 1.165) is 5.39 Å². The van der Waals surface area contributed by atoms with Crippen LogP contribution in [-0.4, -0.2) is 28.5 Å². The minimum atomic E-state index is 0.154. The van der Waals surface area contributed by atoms with Gasteiger partial charge in [-0.3, -0.25) is 5.43 Å². The Morgan fingerprint density at radius 3 is 3.00 bits per heavy atom. The summed E-state index contributed by atoms with van der Waals surface area (Å²) in [6.45, 7) is 0. The zero-order valence-corrected chi connectivity index (χ0v) is 10.5. The van der Waals surface area contributed by atoms with E-state index in [9.17, 15) is 5.11 Å². The van der Waals surface area contributed by atoms with Crippen molar-refractivity contribution in [1.82, 2.24) is 15.7 Å². The van der Waals surface area contributed by atoms with Crippen LogP contribution in [0.25, 0.3) is 10.9 Å². The maximum Gasteiger partial charge on any atom is 0.186 e. The van der Waals surface area contributed by atoms with Crippen molar-refractivity contribution >= 4 is 34.4 Å². The molecule has 18 heavy (non-hydrogen) atoms.